The summed E-state index contributed by atoms with van der Waals surface area (Å²) in [5, 5.41) is 18.4. The lowest BCUT2D eigenvalue weighted by atomic mass is 10.0. The number of amides is 1. The molecule has 8 nitrogen and oxygen atoms in total. The maximum atomic E-state index is 12.7. The molecule has 0 fully saturated rings. The molecule has 4 aromatic rings. The molecule has 0 aliphatic heterocycles. The Labute approximate surface area is 168 Å². The van der Waals surface area contributed by atoms with Crippen LogP contribution < -0.4 is 11.0 Å². The zero-order valence-corrected chi connectivity index (χ0v) is 15.6. The molecule has 4 rings (SSSR count). The molecular weight excluding hydrogens is 392 g/mol. The van der Waals surface area contributed by atoms with Crippen LogP contribution in [0.2, 0.25) is 0 Å². The normalized spacial score (nSPS) is 11.2. The number of carbonyl (C=O) groups is 1. The lowest BCUT2D eigenvalue weighted by Crippen LogP contribution is -2.36. The molecule has 29 heavy (non-hydrogen) atoms. The van der Waals surface area contributed by atoms with E-state index in [4.69, 9.17) is 16.6 Å². The number of carbonyl (C=O) groups excluding carboxylic acids is 1. The Morgan fingerprint density at radius 1 is 1.17 bits per heavy atom. The second-order valence-corrected chi connectivity index (χ2v) is 6.41. The van der Waals surface area contributed by atoms with Gasteiger partial charge in [0.15, 0.2) is 11.5 Å². The van der Waals surface area contributed by atoms with Gasteiger partial charge in [-0.1, -0.05) is 30.3 Å². The van der Waals surface area contributed by atoms with Gasteiger partial charge in [0.25, 0.3) is 5.56 Å². The summed E-state index contributed by atoms with van der Waals surface area (Å²) < 4.78 is 5.80. The van der Waals surface area contributed by atoms with E-state index in [-0.39, 0.29) is 22.0 Å². The van der Waals surface area contributed by atoms with Gasteiger partial charge in [0.2, 0.25) is 4.77 Å². The van der Waals surface area contributed by atoms with Crippen LogP contribution in [0.4, 0.5) is 0 Å². The van der Waals surface area contributed by atoms with Gasteiger partial charge >= 0.3 is 5.91 Å². The minimum atomic E-state index is -0.635. The predicted molar refractivity (Wildman–Crippen MR) is 111 cm³/mol. The number of aromatic nitrogens is 3. The molecule has 0 bridgehead atoms. The number of aromatic hydroxyl groups is 1. The highest BCUT2D eigenvalue weighted by Crippen LogP contribution is 2.28. The Bertz CT molecular complexity index is 1350. The van der Waals surface area contributed by atoms with Crippen LogP contribution in [0.25, 0.3) is 22.9 Å². The van der Waals surface area contributed by atoms with Crippen LogP contribution in [0, 0.1) is 4.77 Å². The summed E-state index contributed by atoms with van der Waals surface area (Å²) in [5.74, 6) is -0.541. The number of hydrogen-bond donors (Lipinski definition) is 3. The Balaban J connectivity index is 1.72. The summed E-state index contributed by atoms with van der Waals surface area (Å²) in [6, 6.07) is 13.9. The number of benzene rings is 2. The van der Waals surface area contributed by atoms with Gasteiger partial charge in [0.05, 0.1) is 6.26 Å². The zero-order chi connectivity index (χ0) is 20.4. The number of H-pyrrole nitrogens is 1. The second kappa shape index (κ2) is 7.56. The van der Waals surface area contributed by atoms with E-state index in [1.807, 2.05) is 24.3 Å². The fraction of sp³-hybridized carbons (Fsp3) is 0. The number of aromatic amines is 1. The monoisotopic (exact) mass is 406 g/mol. The molecule has 0 atom stereocenters. The summed E-state index contributed by atoms with van der Waals surface area (Å²) in [6.07, 6.45) is 4.36. The van der Waals surface area contributed by atoms with E-state index in [2.05, 4.69) is 15.6 Å². The van der Waals surface area contributed by atoms with E-state index in [1.54, 1.807) is 24.3 Å². The third-order valence-corrected chi connectivity index (χ3v) is 4.49. The molecule has 0 unspecified atom stereocenters. The number of furan rings is 1. The van der Waals surface area contributed by atoms with Gasteiger partial charge in [-0.15, -0.1) is 0 Å². The fourth-order valence-corrected chi connectivity index (χ4v) is 2.98. The number of fused-ring (bicyclic) bond motifs is 1. The van der Waals surface area contributed by atoms with Crippen molar-refractivity contribution in [1.82, 2.24) is 14.9 Å². The van der Waals surface area contributed by atoms with Crippen LogP contribution in [0.5, 0.6) is 5.75 Å². The molecule has 0 spiro atoms. The van der Waals surface area contributed by atoms with Crippen LogP contribution in [0.15, 0.2) is 64.0 Å². The van der Waals surface area contributed by atoms with Crippen LogP contribution in [0.1, 0.15) is 21.8 Å². The van der Waals surface area contributed by atoms with Crippen molar-refractivity contribution in [1.29, 1.82) is 0 Å². The first-order valence-corrected chi connectivity index (χ1v) is 8.91. The molecular formula is C20H14N4O4S. The molecule has 2 aromatic heterocycles. The summed E-state index contributed by atoms with van der Waals surface area (Å²) >= 11 is 5.04. The SMILES string of the molecule is O=C(Nn1c(=S)[nH]nc(/C=C/c2c(O)ccc3ccccc23)c1=O)c1ccco1. The van der Waals surface area contributed by atoms with Gasteiger partial charge in [0, 0.05) is 5.56 Å². The van der Waals surface area contributed by atoms with Crippen molar-refractivity contribution in [2.24, 2.45) is 0 Å². The van der Waals surface area contributed by atoms with Crippen molar-refractivity contribution in [2.45, 2.75) is 0 Å². The average molecular weight is 406 g/mol. The Morgan fingerprint density at radius 2 is 2.00 bits per heavy atom. The quantitative estimate of drug-likeness (QED) is 0.448. The van der Waals surface area contributed by atoms with Crippen molar-refractivity contribution in [2.75, 3.05) is 5.43 Å². The molecule has 144 valence electrons. The molecule has 9 heteroatoms. The Hall–Kier alpha value is -3.98. The Kier molecular flexibility index (Phi) is 4.80. The standard InChI is InChI=1S/C20H14N4O4S/c25-16-10-7-12-4-1-2-5-13(12)14(16)8-9-15-19(27)24(20(29)22-21-15)23-18(26)17-6-3-11-28-17/h1-11,25H,(H,22,29)(H,23,26)/b9-8+. The Morgan fingerprint density at radius 3 is 2.79 bits per heavy atom. The number of hydrogen-bond acceptors (Lipinski definition) is 6. The van der Waals surface area contributed by atoms with E-state index in [0.29, 0.717) is 5.56 Å². The van der Waals surface area contributed by atoms with E-state index in [1.165, 1.54) is 18.4 Å². The largest absolute Gasteiger partial charge is 0.507 e. The van der Waals surface area contributed by atoms with E-state index in [9.17, 15) is 14.7 Å². The minimum absolute atomic E-state index is 0.00863. The smallest absolute Gasteiger partial charge is 0.305 e. The highest BCUT2D eigenvalue weighted by atomic mass is 32.1. The van der Waals surface area contributed by atoms with Gasteiger partial charge in [0.1, 0.15) is 5.75 Å². The first-order chi connectivity index (χ1) is 14.0. The summed E-state index contributed by atoms with van der Waals surface area (Å²) in [7, 11) is 0. The van der Waals surface area contributed by atoms with Crippen LogP contribution >= 0.6 is 12.2 Å². The topological polar surface area (TPSA) is 113 Å². The second-order valence-electron chi connectivity index (χ2n) is 6.03. The molecule has 3 N–H and O–H groups in total. The zero-order valence-electron chi connectivity index (χ0n) is 14.8. The van der Waals surface area contributed by atoms with Crippen LogP contribution in [-0.2, 0) is 0 Å². The number of rotatable bonds is 4. The number of phenolic OH excluding ortho intramolecular Hbond substituents is 1. The first kappa shape index (κ1) is 18.4. The number of nitrogens with zero attached hydrogens (tertiary/aromatic N) is 2. The average Bonchev–Trinajstić information content (AvgIpc) is 3.26. The molecule has 2 heterocycles. The first-order valence-electron chi connectivity index (χ1n) is 8.50. The minimum Gasteiger partial charge on any atom is -0.507 e. The van der Waals surface area contributed by atoms with E-state index < -0.39 is 11.5 Å². The van der Waals surface area contributed by atoms with Crippen molar-refractivity contribution in [3.05, 3.63) is 86.9 Å². The molecule has 0 radical (unpaired) electrons. The molecule has 0 saturated carbocycles. The summed E-state index contributed by atoms with van der Waals surface area (Å²) in [5.41, 5.74) is 2.27. The highest BCUT2D eigenvalue weighted by molar-refractivity contribution is 7.71. The van der Waals surface area contributed by atoms with Gasteiger partial charge in [-0.25, -0.2) is 0 Å². The van der Waals surface area contributed by atoms with Gasteiger partial charge in [-0.05, 0) is 53.3 Å². The van der Waals surface area contributed by atoms with E-state index >= 15 is 0 Å². The number of nitrogens with one attached hydrogen (secondary N) is 2. The van der Waals surface area contributed by atoms with Crippen molar-refractivity contribution in [3.8, 4) is 5.75 Å². The lowest BCUT2D eigenvalue weighted by molar-refractivity contribution is 0.0980. The predicted octanol–water partition coefficient (Wildman–Crippen LogP) is 3.31. The van der Waals surface area contributed by atoms with Crippen LogP contribution in [-0.4, -0.2) is 25.9 Å². The molecule has 0 aliphatic carbocycles. The van der Waals surface area contributed by atoms with Gasteiger partial charge in [-0.3, -0.25) is 20.1 Å². The molecule has 2 aromatic carbocycles. The van der Waals surface area contributed by atoms with E-state index in [0.717, 1.165) is 15.4 Å². The third-order valence-electron chi connectivity index (χ3n) is 4.21. The molecule has 0 aliphatic rings. The van der Waals surface area contributed by atoms with Crippen molar-refractivity contribution >= 4 is 41.0 Å². The maximum Gasteiger partial charge on any atom is 0.305 e. The third kappa shape index (κ3) is 3.58. The van der Waals surface area contributed by atoms with Crippen molar-refractivity contribution in [3.63, 3.8) is 0 Å². The van der Waals surface area contributed by atoms with Gasteiger partial charge in [-0.2, -0.15) is 9.77 Å². The highest BCUT2D eigenvalue weighted by Gasteiger charge is 2.13. The molecule has 0 saturated heterocycles. The summed E-state index contributed by atoms with van der Waals surface area (Å²) in [6.45, 7) is 0. The maximum absolute atomic E-state index is 12.7. The lowest BCUT2D eigenvalue weighted by Gasteiger charge is -2.07. The van der Waals surface area contributed by atoms with Gasteiger partial charge < -0.3 is 9.52 Å². The van der Waals surface area contributed by atoms with Crippen molar-refractivity contribution < 1.29 is 14.3 Å². The van der Waals surface area contributed by atoms with Crippen LogP contribution in [0.3, 0.4) is 0 Å². The fourth-order valence-electron chi connectivity index (χ4n) is 2.81. The number of phenols is 1. The molecule has 1 amide bonds. The summed E-state index contributed by atoms with van der Waals surface area (Å²) in [4.78, 5) is 24.9.